The fourth-order valence-corrected chi connectivity index (χ4v) is 7.17. The summed E-state index contributed by atoms with van der Waals surface area (Å²) >= 11 is 0. The maximum Gasteiger partial charge on any atom is 0.190 e. The standard InChI is InChI=1S/C22H29FO5/c1-12-8-16-15-5-4-13-9-14(25)6-7-19(13,2)21(15,23)17(26)10-20(16,3)22(12,28)18(27)11-24/h4,6-7,12,15-17,24,26,28H,5,8-11H2,1-3H3/t12?,15?,16?,17?,19?,20?,21-,22-/m0/s1. The zero-order valence-corrected chi connectivity index (χ0v) is 16.6. The average Bonchev–Trinajstić information content (AvgIpc) is 2.84. The molecule has 8 atom stereocenters. The van der Waals surface area contributed by atoms with Gasteiger partial charge in [-0.05, 0) is 44.1 Å². The molecule has 0 bridgehead atoms. The minimum Gasteiger partial charge on any atom is -0.390 e. The zero-order chi connectivity index (χ0) is 20.7. The summed E-state index contributed by atoms with van der Waals surface area (Å²) in [6.45, 7) is 4.47. The Bertz CT molecular complexity index is 805. The lowest BCUT2D eigenvalue weighted by Crippen LogP contribution is -2.69. The highest BCUT2D eigenvalue weighted by Crippen LogP contribution is 2.70. The molecule has 3 N–H and O–H groups in total. The van der Waals surface area contributed by atoms with Crippen LogP contribution in [0, 0.1) is 28.6 Å². The van der Waals surface area contributed by atoms with Gasteiger partial charge in [-0.3, -0.25) is 9.59 Å². The van der Waals surface area contributed by atoms with Crippen LogP contribution in [0.3, 0.4) is 0 Å². The summed E-state index contributed by atoms with van der Waals surface area (Å²) in [5, 5.41) is 32.0. The number of fused-ring (bicyclic) bond motifs is 5. The second kappa shape index (κ2) is 5.83. The number of hydrogen-bond acceptors (Lipinski definition) is 5. The van der Waals surface area contributed by atoms with Gasteiger partial charge >= 0.3 is 0 Å². The maximum atomic E-state index is 16.9. The molecule has 0 saturated heterocycles. The second-order valence-corrected chi connectivity index (χ2v) is 9.75. The van der Waals surface area contributed by atoms with E-state index in [-0.39, 0.29) is 24.5 Å². The van der Waals surface area contributed by atoms with Crippen LogP contribution in [0.25, 0.3) is 0 Å². The highest BCUT2D eigenvalue weighted by atomic mass is 19.1. The van der Waals surface area contributed by atoms with Crippen molar-refractivity contribution in [2.24, 2.45) is 28.6 Å². The molecule has 0 heterocycles. The van der Waals surface area contributed by atoms with Crippen LogP contribution < -0.4 is 0 Å². The quantitative estimate of drug-likeness (QED) is 0.624. The molecule has 6 unspecified atom stereocenters. The third kappa shape index (κ3) is 2.01. The topological polar surface area (TPSA) is 94.8 Å². The van der Waals surface area contributed by atoms with Crippen molar-refractivity contribution < 1.29 is 29.3 Å². The lowest BCUT2D eigenvalue weighted by molar-refractivity contribution is -0.215. The van der Waals surface area contributed by atoms with Gasteiger partial charge in [0.15, 0.2) is 17.2 Å². The highest BCUT2D eigenvalue weighted by molar-refractivity contribution is 5.93. The van der Waals surface area contributed by atoms with E-state index in [1.807, 2.05) is 6.08 Å². The lowest BCUT2D eigenvalue weighted by Gasteiger charge is -2.62. The molecule has 0 aromatic heterocycles. The number of ketones is 2. The van der Waals surface area contributed by atoms with E-state index < -0.39 is 52.4 Å². The van der Waals surface area contributed by atoms with Crippen LogP contribution in [0.2, 0.25) is 0 Å². The van der Waals surface area contributed by atoms with E-state index >= 15 is 4.39 Å². The van der Waals surface area contributed by atoms with E-state index in [9.17, 15) is 24.9 Å². The van der Waals surface area contributed by atoms with Crippen LogP contribution in [-0.4, -0.2) is 50.9 Å². The van der Waals surface area contributed by atoms with Crippen molar-refractivity contribution in [3.63, 3.8) is 0 Å². The number of allylic oxidation sites excluding steroid dienone is 4. The fourth-order valence-electron chi connectivity index (χ4n) is 7.17. The molecule has 28 heavy (non-hydrogen) atoms. The van der Waals surface area contributed by atoms with Crippen LogP contribution in [0.5, 0.6) is 0 Å². The minimum absolute atomic E-state index is 0.0676. The normalized spacial score (nSPS) is 52.5. The first kappa shape index (κ1) is 19.9. The molecular formula is C22H29FO5. The number of alkyl halides is 1. The summed E-state index contributed by atoms with van der Waals surface area (Å²) in [5.41, 5.74) is -5.18. The largest absolute Gasteiger partial charge is 0.390 e. The Balaban J connectivity index is 1.85. The van der Waals surface area contributed by atoms with E-state index in [1.165, 1.54) is 6.08 Å². The summed E-state index contributed by atoms with van der Waals surface area (Å²) in [6, 6.07) is 0. The molecule has 4 aliphatic carbocycles. The molecule has 154 valence electrons. The number of halogens is 1. The molecule has 4 rings (SSSR count). The fraction of sp³-hybridized carbons (Fsp3) is 0.727. The molecular weight excluding hydrogens is 363 g/mol. The van der Waals surface area contributed by atoms with Gasteiger partial charge < -0.3 is 15.3 Å². The van der Waals surface area contributed by atoms with Crippen molar-refractivity contribution in [2.45, 2.75) is 63.8 Å². The van der Waals surface area contributed by atoms with Gasteiger partial charge in [0.1, 0.15) is 12.2 Å². The van der Waals surface area contributed by atoms with E-state index in [0.29, 0.717) is 18.4 Å². The van der Waals surface area contributed by atoms with Crippen LogP contribution in [-0.2, 0) is 9.59 Å². The van der Waals surface area contributed by atoms with Gasteiger partial charge in [-0.1, -0.05) is 31.6 Å². The average molecular weight is 392 g/mol. The van der Waals surface area contributed by atoms with Crippen molar-refractivity contribution in [2.75, 3.05) is 6.61 Å². The molecule has 0 radical (unpaired) electrons. The van der Waals surface area contributed by atoms with Crippen LogP contribution in [0.15, 0.2) is 23.8 Å². The van der Waals surface area contributed by atoms with Gasteiger partial charge in [0.2, 0.25) is 0 Å². The monoisotopic (exact) mass is 392 g/mol. The molecule has 0 spiro atoms. The predicted octanol–water partition coefficient (Wildman–Crippen LogP) is 1.90. The number of aliphatic hydroxyl groups excluding tert-OH is 2. The Morgan fingerprint density at radius 2 is 2.00 bits per heavy atom. The molecule has 0 aromatic carbocycles. The zero-order valence-electron chi connectivity index (χ0n) is 16.6. The van der Waals surface area contributed by atoms with Gasteiger partial charge in [-0.25, -0.2) is 4.39 Å². The van der Waals surface area contributed by atoms with Crippen LogP contribution >= 0.6 is 0 Å². The molecule has 5 nitrogen and oxygen atoms in total. The molecule has 6 heteroatoms. The summed E-state index contributed by atoms with van der Waals surface area (Å²) in [5.74, 6) is -2.09. The number of carbonyl (C=O) groups is 2. The van der Waals surface area contributed by atoms with E-state index in [4.69, 9.17) is 0 Å². The van der Waals surface area contributed by atoms with Gasteiger partial charge in [0.25, 0.3) is 0 Å². The Morgan fingerprint density at radius 3 is 2.64 bits per heavy atom. The van der Waals surface area contributed by atoms with Gasteiger partial charge in [-0.15, -0.1) is 0 Å². The molecule has 0 amide bonds. The Morgan fingerprint density at radius 1 is 1.32 bits per heavy atom. The number of rotatable bonds is 2. The first-order valence-corrected chi connectivity index (χ1v) is 10.1. The van der Waals surface area contributed by atoms with Gasteiger partial charge in [0, 0.05) is 23.2 Å². The lowest BCUT2D eigenvalue weighted by atomic mass is 9.45. The smallest absolute Gasteiger partial charge is 0.190 e. The number of hydrogen-bond donors (Lipinski definition) is 3. The minimum atomic E-state index is -1.98. The van der Waals surface area contributed by atoms with Crippen molar-refractivity contribution >= 4 is 11.6 Å². The molecule has 0 aliphatic heterocycles. The molecule has 0 aromatic rings. The molecule has 2 saturated carbocycles. The third-order valence-electron chi connectivity index (χ3n) is 8.75. The number of aliphatic hydroxyl groups is 3. The van der Waals surface area contributed by atoms with Crippen molar-refractivity contribution in [3.05, 3.63) is 23.8 Å². The Hall–Kier alpha value is -1.37. The molecule has 2 fully saturated rings. The summed E-state index contributed by atoms with van der Waals surface area (Å²) in [7, 11) is 0. The van der Waals surface area contributed by atoms with E-state index in [2.05, 4.69) is 0 Å². The van der Waals surface area contributed by atoms with Crippen LogP contribution in [0.1, 0.15) is 46.5 Å². The first-order chi connectivity index (χ1) is 13.0. The van der Waals surface area contributed by atoms with Crippen LogP contribution in [0.4, 0.5) is 4.39 Å². The second-order valence-electron chi connectivity index (χ2n) is 9.75. The highest BCUT2D eigenvalue weighted by Gasteiger charge is 2.75. The Labute approximate surface area is 164 Å². The maximum absolute atomic E-state index is 16.9. The van der Waals surface area contributed by atoms with Gasteiger partial charge in [0.05, 0.1) is 6.10 Å². The van der Waals surface area contributed by atoms with E-state index in [1.54, 1.807) is 26.8 Å². The summed E-state index contributed by atoms with van der Waals surface area (Å²) in [4.78, 5) is 24.4. The van der Waals surface area contributed by atoms with Gasteiger partial charge in [-0.2, -0.15) is 0 Å². The number of carbonyl (C=O) groups excluding carboxylic acids is 2. The Kier molecular flexibility index (Phi) is 4.15. The first-order valence-electron chi connectivity index (χ1n) is 10.1. The van der Waals surface area contributed by atoms with Crippen molar-refractivity contribution in [1.82, 2.24) is 0 Å². The SMILES string of the molecule is CC1CC2C3CC=C4CC(=O)C=CC4(C)[C@@]3(F)C(O)CC2(C)[C@@]1(O)C(=O)CO. The third-order valence-corrected chi connectivity index (χ3v) is 8.75. The predicted molar refractivity (Wildman–Crippen MR) is 99.9 cm³/mol. The molecule has 4 aliphatic rings. The van der Waals surface area contributed by atoms with E-state index in [0.717, 1.165) is 0 Å². The van der Waals surface area contributed by atoms with Crippen molar-refractivity contribution in [3.8, 4) is 0 Å². The number of Topliss-reactive ketones (excluding diaryl/α,β-unsaturated/α-hetero) is 1. The summed E-state index contributed by atoms with van der Waals surface area (Å²) < 4.78 is 16.9. The van der Waals surface area contributed by atoms with Crippen molar-refractivity contribution in [1.29, 1.82) is 0 Å². The summed E-state index contributed by atoms with van der Waals surface area (Å²) in [6.07, 6.45) is 4.41.